The zero-order valence-corrected chi connectivity index (χ0v) is 8.19. The highest BCUT2D eigenvalue weighted by molar-refractivity contribution is 5.87. The summed E-state index contributed by atoms with van der Waals surface area (Å²) in [5, 5.41) is 8.59. The predicted octanol–water partition coefficient (Wildman–Crippen LogP) is 1.72. The number of rotatable bonds is 4. The Morgan fingerprint density at radius 2 is 2.19 bits per heavy atom. The van der Waals surface area contributed by atoms with E-state index in [1.54, 1.807) is 0 Å². The van der Waals surface area contributed by atoms with Crippen molar-refractivity contribution in [1.82, 2.24) is 4.57 Å². The standard InChI is InChI=1S/C10H9F2NO3/c11-8(12)2-1-4-13-5-3-7(10(15)16)6-9(13)14/h2-3,5-6H,1,4H2,(H,15,16). The fourth-order valence-corrected chi connectivity index (χ4v) is 1.14. The third-order valence-corrected chi connectivity index (χ3v) is 1.91. The van der Waals surface area contributed by atoms with Crippen LogP contribution in [0.5, 0.6) is 0 Å². The number of hydrogen-bond donors (Lipinski definition) is 1. The maximum atomic E-state index is 11.7. The van der Waals surface area contributed by atoms with Crippen molar-refractivity contribution in [2.45, 2.75) is 13.0 Å². The molecule has 0 saturated carbocycles. The number of aryl methyl sites for hydroxylation is 1. The minimum absolute atomic E-state index is 0.0225. The van der Waals surface area contributed by atoms with E-state index in [1.165, 1.54) is 16.8 Å². The molecular formula is C10H9F2NO3. The average molecular weight is 229 g/mol. The molecule has 1 N–H and O–H groups in total. The maximum Gasteiger partial charge on any atom is 0.335 e. The molecule has 16 heavy (non-hydrogen) atoms. The van der Waals surface area contributed by atoms with Crippen LogP contribution in [-0.2, 0) is 6.54 Å². The fourth-order valence-electron chi connectivity index (χ4n) is 1.14. The van der Waals surface area contributed by atoms with E-state index in [2.05, 4.69) is 0 Å². The fraction of sp³-hybridized carbons (Fsp3) is 0.200. The van der Waals surface area contributed by atoms with Crippen LogP contribution in [0.1, 0.15) is 16.8 Å². The van der Waals surface area contributed by atoms with Crippen LogP contribution in [0, 0.1) is 0 Å². The van der Waals surface area contributed by atoms with Crippen molar-refractivity contribution in [1.29, 1.82) is 0 Å². The topological polar surface area (TPSA) is 59.3 Å². The van der Waals surface area contributed by atoms with Crippen LogP contribution in [0.25, 0.3) is 0 Å². The highest BCUT2D eigenvalue weighted by atomic mass is 19.3. The van der Waals surface area contributed by atoms with Gasteiger partial charge in [-0.1, -0.05) is 0 Å². The normalized spacial score (nSPS) is 9.88. The van der Waals surface area contributed by atoms with E-state index in [0.29, 0.717) is 6.08 Å². The molecule has 0 radical (unpaired) electrons. The van der Waals surface area contributed by atoms with Crippen LogP contribution in [0.4, 0.5) is 8.78 Å². The van der Waals surface area contributed by atoms with Gasteiger partial charge in [-0.3, -0.25) is 4.79 Å². The molecule has 0 aliphatic carbocycles. The minimum Gasteiger partial charge on any atom is -0.478 e. The lowest BCUT2D eigenvalue weighted by Crippen LogP contribution is -2.20. The molecule has 0 amide bonds. The van der Waals surface area contributed by atoms with E-state index in [1.807, 2.05) is 0 Å². The number of carboxylic acid groups (broad SMARTS) is 1. The van der Waals surface area contributed by atoms with Crippen molar-refractivity contribution in [2.75, 3.05) is 0 Å². The summed E-state index contributed by atoms with van der Waals surface area (Å²) >= 11 is 0. The summed E-state index contributed by atoms with van der Waals surface area (Å²) in [5.41, 5.74) is -0.638. The van der Waals surface area contributed by atoms with Crippen LogP contribution in [0.2, 0.25) is 0 Å². The SMILES string of the molecule is O=C(O)c1ccn(CCC=C(F)F)c(=O)c1. The number of nitrogens with zero attached hydrogens (tertiary/aromatic N) is 1. The van der Waals surface area contributed by atoms with Gasteiger partial charge in [0.15, 0.2) is 0 Å². The number of allylic oxidation sites excluding steroid dienone is 1. The molecule has 6 heteroatoms. The monoisotopic (exact) mass is 229 g/mol. The number of halogens is 2. The summed E-state index contributed by atoms with van der Waals surface area (Å²) in [6, 6.07) is 2.21. The molecule has 0 spiro atoms. The molecule has 1 rings (SSSR count). The molecule has 4 nitrogen and oxygen atoms in total. The maximum absolute atomic E-state index is 11.7. The average Bonchev–Trinajstić information content (AvgIpc) is 2.19. The minimum atomic E-state index is -1.80. The largest absolute Gasteiger partial charge is 0.478 e. The molecule has 0 aromatic carbocycles. The number of pyridine rings is 1. The molecular weight excluding hydrogens is 220 g/mol. The summed E-state index contributed by atoms with van der Waals surface area (Å²) < 4.78 is 24.6. The van der Waals surface area contributed by atoms with Crippen LogP contribution in [-0.4, -0.2) is 15.6 Å². The molecule has 0 saturated heterocycles. The third-order valence-electron chi connectivity index (χ3n) is 1.91. The second kappa shape index (κ2) is 5.20. The molecule has 0 fully saturated rings. The zero-order valence-electron chi connectivity index (χ0n) is 8.19. The van der Waals surface area contributed by atoms with Crippen molar-refractivity contribution in [3.8, 4) is 0 Å². The molecule has 1 aromatic rings. The van der Waals surface area contributed by atoms with E-state index >= 15 is 0 Å². The van der Waals surface area contributed by atoms with Crippen molar-refractivity contribution >= 4 is 5.97 Å². The van der Waals surface area contributed by atoms with Gasteiger partial charge in [-0.2, -0.15) is 8.78 Å². The van der Waals surface area contributed by atoms with Gasteiger partial charge in [-0.05, 0) is 18.6 Å². The first-order valence-corrected chi connectivity index (χ1v) is 4.45. The smallest absolute Gasteiger partial charge is 0.335 e. The Labute approximate surface area is 89.4 Å². The predicted molar refractivity (Wildman–Crippen MR) is 52.6 cm³/mol. The summed E-state index contributed by atoms with van der Waals surface area (Å²) in [6.45, 7) is 0.0933. The van der Waals surface area contributed by atoms with Crippen molar-refractivity contribution in [3.63, 3.8) is 0 Å². The van der Waals surface area contributed by atoms with E-state index < -0.39 is 17.6 Å². The van der Waals surface area contributed by atoms with Gasteiger partial charge in [-0.15, -0.1) is 0 Å². The number of aromatic carboxylic acids is 1. The second-order valence-corrected chi connectivity index (χ2v) is 3.03. The molecule has 1 heterocycles. The highest BCUT2D eigenvalue weighted by Gasteiger charge is 2.04. The Bertz CT molecular complexity index is 475. The van der Waals surface area contributed by atoms with Gasteiger partial charge in [0.05, 0.1) is 5.56 Å². The Balaban J connectivity index is 2.80. The Kier molecular flexibility index (Phi) is 3.93. The molecule has 0 unspecified atom stereocenters. The molecule has 0 aliphatic heterocycles. The molecule has 86 valence electrons. The first kappa shape index (κ1) is 12.1. The third kappa shape index (κ3) is 3.30. The lowest BCUT2D eigenvalue weighted by atomic mass is 10.2. The molecule has 0 bridgehead atoms. The van der Waals surface area contributed by atoms with Gasteiger partial charge in [0.2, 0.25) is 0 Å². The second-order valence-electron chi connectivity index (χ2n) is 3.03. The lowest BCUT2D eigenvalue weighted by Gasteiger charge is -2.02. The van der Waals surface area contributed by atoms with Gasteiger partial charge >= 0.3 is 5.97 Å². The van der Waals surface area contributed by atoms with Gasteiger partial charge in [0.1, 0.15) is 0 Å². The highest BCUT2D eigenvalue weighted by Crippen LogP contribution is 2.00. The summed E-state index contributed by atoms with van der Waals surface area (Å²) in [6.07, 6.45) is 0.206. The number of carboxylic acids is 1. The van der Waals surface area contributed by atoms with Crippen LogP contribution in [0.15, 0.2) is 35.3 Å². The van der Waals surface area contributed by atoms with Gasteiger partial charge in [0.25, 0.3) is 11.6 Å². The molecule has 0 aliphatic rings. The van der Waals surface area contributed by atoms with Gasteiger partial charge < -0.3 is 9.67 Å². The van der Waals surface area contributed by atoms with Gasteiger partial charge in [-0.25, -0.2) is 4.79 Å². The quantitative estimate of drug-likeness (QED) is 0.855. The Hall–Kier alpha value is -1.98. The van der Waals surface area contributed by atoms with E-state index in [-0.39, 0.29) is 18.5 Å². The van der Waals surface area contributed by atoms with Crippen LogP contribution >= 0.6 is 0 Å². The van der Waals surface area contributed by atoms with E-state index in [9.17, 15) is 18.4 Å². The Morgan fingerprint density at radius 1 is 1.50 bits per heavy atom. The van der Waals surface area contributed by atoms with E-state index in [4.69, 9.17) is 5.11 Å². The number of carbonyl (C=O) groups is 1. The van der Waals surface area contributed by atoms with Crippen LogP contribution < -0.4 is 5.56 Å². The zero-order chi connectivity index (χ0) is 12.1. The summed E-state index contributed by atoms with van der Waals surface area (Å²) in [7, 11) is 0. The number of hydrogen-bond acceptors (Lipinski definition) is 2. The summed E-state index contributed by atoms with van der Waals surface area (Å²) in [4.78, 5) is 21.8. The van der Waals surface area contributed by atoms with Gasteiger partial charge in [0, 0.05) is 18.8 Å². The van der Waals surface area contributed by atoms with E-state index in [0.717, 1.165) is 6.07 Å². The van der Waals surface area contributed by atoms with Crippen molar-refractivity contribution in [2.24, 2.45) is 0 Å². The molecule has 1 aromatic heterocycles. The van der Waals surface area contributed by atoms with Crippen molar-refractivity contribution < 1.29 is 18.7 Å². The summed E-state index contributed by atoms with van der Waals surface area (Å²) in [5.74, 6) is -1.20. The first-order valence-electron chi connectivity index (χ1n) is 4.45. The Morgan fingerprint density at radius 3 is 2.69 bits per heavy atom. The molecule has 0 atom stereocenters. The lowest BCUT2D eigenvalue weighted by molar-refractivity contribution is 0.0696. The van der Waals surface area contributed by atoms with Crippen molar-refractivity contribution in [3.05, 3.63) is 46.4 Å². The number of aromatic nitrogens is 1. The van der Waals surface area contributed by atoms with Crippen LogP contribution in [0.3, 0.4) is 0 Å². The first-order chi connectivity index (χ1) is 7.50.